The van der Waals surface area contributed by atoms with Crippen LogP contribution in [-0.2, 0) is 6.42 Å². The number of rotatable bonds is 2. The molecule has 1 aliphatic rings. The zero-order chi connectivity index (χ0) is 10.1. The first-order valence-corrected chi connectivity index (χ1v) is 5.36. The van der Waals surface area contributed by atoms with Crippen molar-refractivity contribution in [2.75, 3.05) is 5.88 Å². The Bertz CT molecular complexity index is 385. The Hall–Kier alpha value is -0.500. The second-order valence-corrected chi connectivity index (χ2v) is 4.06. The molecule has 0 unspecified atom stereocenters. The Morgan fingerprint density at radius 3 is 2.93 bits per heavy atom. The van der Waals surface area contributed by atoms with Crippen LogP contribution in [0.3, 0.4) is 0 Å². The van der Waals surface area contributed by atoms with Crippen molar-refractivity contribution >= 4 is 29.3 Å². The quantitative estimate of drug-likeness (QED) is 0.772. The largest absolute Gasteiger partial charge is 0.387 e. The van der Waals surface area contributed by atoms with Gasteiger partial charge in [0, 0.05) is 5.02 Å². The van der Waals surface area contributed by atoms with Crippen LogP contribution in [0.4, 0.5) is 0 Å². The van der Waals surface area contributed by atoms with E-state index < -0.39 is 6.10 Å². The first kappa shape index (κ1) is 10.0. The average Bonchev–Trinajstić information content (AvgIpc) is 2.64. The van der Waals surface area contributed by atoms with Crippen molar-refractivity contribution in [1.82, 2.24) is 0 Å². The van der Waals surface area contributed by atoms with Gasteiger partial charge in [0.2, 0.25) is 0 Å². The highest BCUT2D eigenvalue weighted by atomic mass is 35.5. The van der Waals surface area contributed by atoms with Gasteiger partial charge in [-0.05, 0) is 35.2 Å². The minimum absolute atomic E-state index is 0.193. The molecule has 1 aromatic carbocycles. The van der Waals surface area contributed by atoms with Crippen LogP contribution in [-0.4, -0.2) is 11.0 Å². The molecule has 0 amide bonds. The molecule has 74 valence electrons. The molecule has 0 saturated carbocycles. The van der Waals surface area contributed by atoms with Crippen molar-refractivity contribution in [2.45, 2.75) is 12.5 Å². The van der Waals surface area contributed by atoms with Gasteiger partial charge in [0.25, 0.3) is 0 Å². The van der Waals surface area contributed by atoms with Gasteiger partial charge >= 0.3 is 0 Å². The van der Waals surface area contributed by atoms with Gasteiger partial charge in [-0.2, -0.15) is 0 Å². The molecule has 0 heterocycles. The summed E-state index contributed by atoms with van der Waals surface area (Å²) in [6.45, 7) is 0. The van der Waals surface area contributed by atoms with E-state index in [2.05, 4.69) is 6.08 Å². The maximum absolute atomic E-state index is 9.57. The number of aliphatic hydroxyl groups is 1. The molecule has 0 saturated heterocycles. The second kappa shape index (κ2) is 3.93. The Balaban J connectivity index is 2.45. The fourth-order valence-electron chi connectivity index (χ4n) is 1.63. The molecule has 0 aliphatic heterocycles. The van der Waals surface area contributed by atoms with E-state index >= 15 is 0 Å². The summed E-state index contributed by atoms with van der Waals surface area (Å²) in [6, 6.07) is 3.73. The zero-order valence-electron chi connectivity index (χ0n) is 7.50. The summed E-state index contributed by atoms with van der Waals surface area (Å²) in [6.07, 6.45) is 4.33. The molecular weight excluding hydrogens is 219 g/mol. The van der Waals surface area contributed by atoms with Gasteiger partial charge in [-0.15, -0.1) is 11.6 Å². The molecule has 0 spiro atoms. The lowest BCUT2D eigenvalue weighted by molar-refractivity contribution is 0.202. The summed E-state index contributed by atoms with van der Waals surface area (Å²) in [4.78, 5) is 0. The summed E-state index contributed by atoms with van der Waals surface area (Å²) in [7, 11) is 0. The smallest absolute Gasteiger partial charge is 0.0926 e. The molecule has 1 nitrogen and oxygen atoms in total. The SMILES string of the molecule is O[C@H](CCl)c1cc(Cl)c2c(c1)C=CC2. The van der Waals surface area contributed by atoms with Crippen LogP contribution >= 0.6 is 23.2 Å². The topological polar surface area (TPSA) is 20.2 Å². The van der Waals surface area contributed by atoms with Crippen molar-refractivity contribution in [3.8, 4) is 0 Å². The zero-order valence-corrected chi connectivity index (χ0v) is 9.02. The van der Waals surface area contributed by atoms with Gasteiger partial charge in [0.15, 0.2) is 0 Å². The summed E-state index contributed by atoms with van der Waals surface area (Å²) in [5, 5.41) is 10.3. The molecule has 0 fully saturated rings. The van der Waals surface area contributed by atoms with E-state index in [1.54, 1.807) is 6.07 Å². The van der Waals surface area contributed by atoms with E-state index in [0.29, 0.717) is 5.02 Å². The highest BCUT2D eigenvalue weighted by molar-refractivity contribution is 6.31. The normalized spacial score (nSPS) is 15.6. The molecule has 14 heavy (non-hydrogen) atoms. The maximum atomic E-state index is 9.57. The third-order valence-electron chi connectivity index (χ3n) is 2.40. The third-order valence-corrected chi connectivity index (χ3v) is 3.03. The van der Waals surface area contributed by atoms with E-state index in [-0.39, 0.29) is 5.88 Å². The maximum Gasteiger partial charge on any atom is 0.0926 e. The van der Waals surface area contributed by atoms with E-state index in [4.69, 9.17) is 23.2 Å². The van der Waals surface area contributed by atoms with Crippen molar-refractivity contribution in [2.24, 2.45) is 0 Å². The Morgan fingerprint density at radius 2 is 2.21 bits per heavy atom. The molecule has 1 aliphatic carbocycles. The van der Waals surface area contributed by atoms with Crippen molar-refractivity contribution in [1.29, 1.82) is 0 Å². The van der Waals surface area contributed by atoms with Crippen molar-refractivity contribution < 1.29 is 5.11 Å². The molecule has 0 radical (unpaired) electrons. The number of aliphatic hydroxyl groups excluding tert-OH is 1. The molecule has 0 bridgehead atoms. The fraction of sp³-hybridized carbons (Fsp3) is 0.273. The van der Waals surface area contributed by atoms with Crippen molar-refractivity contribution in [3.05, 3.63) is 39.9 Å². The van der Waals surface area contributed by atoms with Gasteiger partial charge in [-0.3, -0.25) is 0 Å². The minimum Gasteiger partial charge on any atom is -0.387 e. The minimum atomic E-state index is -0.631. The number of hydrogen-bond acceptors (Lipinski definition) is 1. The lowest BCUT2D eigenvalue weighted by Crippen LogP contribution is -2.00. The van der Waals surface area contributed by atoms with Gasteiger partial charge in [0.05, 0.1) is 12.0 Å². The van der Waals surface area contributed by atoms with Gasteiger partial charge < -0.3 is 5.11 Å². The molecule has 1 atom stereocenters. The highest BCUT2D eigenvalue weighted by Gasteiger charge is 2.14. The molecule has 2 rings (SSSR count). The van der Waals surface area contributed by atoms with Crippen LogP contribution in [0.2, 0.25) is 5.02 Å². The number of alkyl halides is 1. The number of hydrogen-bond donors (Lipinski definition) is 1. The summed E-state index contributed by atoms with van der Waals surface area (Å²) in [5.74, 6) is 0.193. The van der Waals surface area contributed by atoms with Crippen LogP contribution < -0.4 is 0 Å². The Labute approximate surface area is 93.0 Å². The summed E-state index contributed by atoms with van der Waals surface area (Å²) >= 11 is 11.7. The standard InChI is InChI=1S/C11H10Cl2O/c12-6-11(14)8-4-7-2-1-3-9(7)10(13)5-8/h1-2,4-5,11,14H,3,6H2/t11-/m1/s1. The number of allylic oxidation sites excluding steroid dienone is 1. The van der Waals surface area contributed by atoms with Crippen molar-refractivity contribution in [3.63, 3.8) is 0 Å². The third kappa shape index (κ3) is 1.68. The second-order valence-electron chi connectivity index (χ2n) is 3.35. The monoisotopic (exact) mass is 228 g/mol. The molecule has 3 heteroatoms. The molecule has 0 aromatic heterocycles. The van der Waals surface area contributed by atoms with Crippen LogP contribution in [0.1, 0.15) is 22.8 Å². The highest BCUT2D eigenvalue weighted by Crippen LogP contribution is 2.31. The first-order valence-electron chi connectivity index (χ1n) is 4.45. The van der Waals surface area contributed by atoms with Crippen LogP contribution in [0, 0.1) is 0 Å². The number of benzene rings is 1. The molecule has 1 N–H and O–H groups in total. The fourth-order valence-corrected chi connectivity index (χ4v) is 2.12. The predicted octanol–water partition coefficient (Wildman–Crippen LogP) is 3.18. The van der Waals surface area contributed by atoms with E-state index in [9.17, 15) is 5.11 Å². The molecular formula is C11H10Cl2O. The van der Waals surface area contributed by atoms with E-state index in [1.807, 2.05) is 12.1 Å². The van der Waals surface area contributed by atoms with Gasteiger partial charge in [-0.1, -0.05) is 23.8 Å². The van der Waals surface area contributed by atoms with Crippen LogP contribution in [0.25, 0.3) is 6.08 Å². The van der Waals surface area contributed by atoms with Crippen LogP contribution in [0.15, 0.2) is 18.2 Å². The van der Waals surface area contributed by atoms with Gasteiger partial charge in [0.1, 0.15) is 0 Å². The first-order chi connectivity index (χ1) is 6.72. The van der Waals surface area contributed by atoms with E-state index in [1.165, 1.54) is 0 Å². The van der Waals surface area contributed by atoms with Gasteiger partial charge in [-0.25, -0.2) is 0 Å². The lowest BCUT2D eigenvalue weighted by atomic mass is 10.0. The Morgan fingerprint density at radius 1 is 1.43 bits per heavy atom. The average molecular weight is 229 g/mol. The van der Waals surface area contributed by atoms with E-state index in [0.717, 1.165) is 23.1 Å². The number of halogens is 2. The molecule has 1 aromatic rings. The Kier molecular flexibility index (Phi) is 2.82. The summed E-state index contributed by atoms with van der Waals surface area (Å²) < 4.78 is 0. The van der Waals surface area contributed by atoms with Crippen LogP contribution in [0.5, 0.6) is 0 Å². The number of fused-ring (bicyclic) bond motifs is 1. The predicted molar refractivity (Wildman–Crippen MR) is 59.9 cm³/mol. The lowest BCUT2D eigenvalue weighted by Gasteiger charge is -2.10. The summed E-state index contributed by atoms with van der Waals surface area (Å²) in [5.41, 5.74) is 3.02.